The molecule has 0 radical (unpaired) electrons. The lowest BCUT2D eigenvalue weighted by Gasteiger charge is -2.06. The summed E-state index contributed by atoms with van der Waals surface area (Å²) in [5.74, 6) is -2.62. The number of carboxylic acid groups (broad SMARTS) is 2. The smallest absolute Gasteiger partial charge is 0.314 e. The summed E-state index contributed by atoms with van der Waals surface area (Å²) < 4.78 is 0. The van der Waals surface area contributed by atoms with Gasteiger partial charge in [0, 0.05) is 0 Å². The summed E-state index contributed by atoms with van der Waals surface area (Å²) >= 11 is 0. The lowest BCUT2D eigenvalue weighted by molar-refractivity contribution is -0.147. The molecule has 5 nitrogen and oxygen atoms in total. The van der Waals surface area contributed by atoms with Crippen molar-refractivity contribution in [3.63, 3.8) is 0 Å². The Morgan fingerprint density at radius 2 is 0.639 bits per heavy atom. The van der Waals surface area contributed by atoms with Gasteiger partial charge in [0.2, 0.25) is 0 Å². The number of unbranched alkanes of at least 4 members (excludes halogenated alkanes) is 22. The van der Waals surface area contributed by atoms with Crippen LogP contribution in [0.4, 0.5) is 0 Å². The van der Waals surface area contributed by atoms with Gasteiger partial charge in [-0.25, -0.2) is 0 Å². The molecule has 0 amide bonds. The highest BCUT2D eigenvalue weighted by molar-refractivity contribution is 5.88. The zero-order chi connectivity index (χ0) is 27.0. The highest BCUT2D eigenvalue weighted by Crippen LogP contribution is 2.13. The van der Waals surface area contributed by atoms with E-state index in [4.69, 9.17) is 10.2 Å². The van der Waals surface area contributed by atoms with Gasteiger partial charge in [-0.05, 0) is 25.9 Å². The highest BCUT2D eigenvalue weighted by atomic mass is 16.4. The van der Waals surface area contributed by atoms with Gasteiger partial charge < -0.3 is 15.5 Å². The summed E-state index contributed by atoms with van der Waals surface area (Å²) in [5, 5.41) is 19.1. The number of carboxylic acids is 2. The Labute approximate surface area is 224 Å². The Bertz CT molecular complexity index is 404. The largest absolute Gasteiger partial charge is 0.481 e. The maximum absolute atomic E-state index is 9.43. The molecular formula is C31H63NO4. The minimum atomic E-state index is -1.31. The fourth-order valence-corrected chi connectivity index (χ4v) is 4.44. The van der Waals surface area contributed by atoms with E-state index in [1.807, 2.05) is 0 Å². The predicted octanol–water partition coefficient (Wildman–Crippen LogP) is 9.52. The van der Waals surface area contributed by atoms with E-state index in [0.29, 0.717) is 0 Å². The van der Waals surface area contributed by atoms with E-state index in [2.05, 4.69) is 19.2 Å². The third kappa shape index (κ3) is 40.1. The highest BCUT2D eigenvalue weighted by Gasteiger charge is 2.01. The van der Waals surface area contributed by atoms with Crippen LogP contribution in [0.25, 0.3) is 0 Å². The van der Waals surface area contributed by atoms with Crippen LogP contribution < -0.4 is 5.32 Å². The number of hydrogen-bond acceptors (Lipinski definition) is 3. The molecule has 3 N–H and O–H groups in total. The van der Waals surface area contributed by atoms with E-state index in [-0.39, 0.29) is 0 Å². The van der Waals surface area contributed by atoms with E-state index >= 15 is 0 Å². The predicted molar refractivity (Wildman–Crippen MR) is 155 cm³/mol. The van der Waals surface area contributed by atoms with Crippen LogP contribution in [0.2, 0.25) is 0 Å². The fraction of sp³-hybridized carbons (Fsp3) is 0.935. The van der Waals surface area contributed by atoms with Crippen LogP contribution in [-0.2, 0) is 9.59 Å². The van der Waals surface area contributed by atoms with Crippen LogP contribution in [0.3, 0.4) is 0 Å². The van der Waals surface area contributed by atoms with Crippen LogP contribution in [0.5, 0.6) is 0 Å². The maximum atomic E-state index is 9.43. The first kappa shape index (κ1) is 37.1. The summed E-state index contributed by atoms with van der Waals surface area (Å²) in [6.07, 6.45) is 33.9. The van der Waals surface area contributed by atoms with Gasteiger partial charge in [-0.3, -0.25) is 9.59 Å². The topological polar surface area (TPSA) is 86.6 Å². The molecule has 0 bridgehead atoms. The summed E-state index contributed by atoms with van der Waals surface area (Å²) in [7, 11) is 0. The molecule has 0 aliphatic rings. The number of nitrogens with one attached hydrogen (secondary N) is 1. The van der Waals surface area contributed by atoms with E-state index in [0.717, 1.165) is 0 Å². The molecule has 0 saturated heterocycles. The van der Waals surface area contributed by atoms with Gasteiger partial charge in [0.25, 0.3) is 0 Å². The van der Waals surface area contributed by atoms with E-state index in [9.17, 15) is 9.59 Å². The molecule has 0 fully saturated rings. The van der Waals surface area contributed by atoms with Crippen molar-refractivity contribution in [2.75, 3.05) is 13.1 Å². The Hall–Kier alpha value is -1.10. The van der Waals surface area contributed by atoms with Gasteiger partial charge in [0.1, 0.15) is 6.42 Å². The average Bonchev–Trinajstić information content (AvgIpc) is 2.83. The second kappa shape index (κ2) is 33.9. The molecule has 0 aliphatic carbocycles. The Morgan fingerprint density at radius 1 is 0.417 bits per heavy atom. The van der Waals surface area contributed by atoms with Crippen LogP contribution in [0, 0.1) is 0 Å². The number of rotatable bonds is 28. The molecule has 36 heavy (non-hydrogen) atoms. The van der Waals surface area contributed by atoms with E-state index < -0.39 is 18.4 Å². The first-order chi connectivity index (χ1) is 17.5. The monoisotopic (exact) mass is 513 g/mol. The number of hydrogen-bond donors (Lipinski definition) is 3. The van der Waals surface area contributed by atoms with Gasteiger partial charge in [-0.1, -0.05) is 155 Å². The summed E-state index contributed by atoms with van der Waals surface area (Å²) in [5.41, 5.74) is 0. The molecule has 0 unspecified atom stereocenters. The molecule has 216 valence electrons. The number of carbonyl (C=O) groups is 2. The van der Waals surface area contributed by atoms with Crippen molar-refractivity contribution in [2.24, 2.45) is 0 Å². The van der Waals surface area contributed by atoms with Gasteiger partial charge in [0.15, 0.2) is 0 Å². The van der Waals surface area contributed by atoms with Gasteiger partial charge >= 0.3 is 11.9 Å². The summed E-state index contributed by atoms with van der Waals surface area (Å²) in [6, 6.07) is 0. The number of aliphatic carboxylic acids is 2. The second-order valence-electron chi connectivity index (χ2n) is 10.5. The standard InChI is InChI=1S/C28H59N.C3H4O4/c1-3-5-7-9-11-13-15-17-19-21-23-25-27-29-28-26-24-22-20-18-16-14-12-10-8-6-4-2;4-2(5)1-3(6)7/h29H,3-28H2,1-2H3;1H2,(H,4,5)(H,6,7). The molecule has 0 aromatic heterocycles. The third-order valence-corrected chi connectivity index (χ3v) is 6.72. The van der Waals surface area contributed by atoms with Crippen LogP contribution in [0.1, 0.15) is 174 Å². The van der Waals surface area contributed by atoms with Crippen molar-refractivity contribution >= 4 is 11.9 Å². The Balaban J connectivity index is 0. The Kier molecular flexibility index (Phi) is 34.9. The molecule has 0 spiro atoms. The quantitative estimate of drug-likeness (QED) is 0.0716. The minimum absolute atomic E-state index is 0.806. The van der Waals surface area contributed by atoms with Crippen LogP contribution >= 0.6 is 0 Å². The second-order valence-corrected chi connectivity index (χ2v) is 10.5. The first-order valence-corrected chi connectivity index (χ1v) is 15.7. The van der Waals surface area contributed by atoms with Gasteiger partial charge in [0.05, 0.1) is 0 Å². The lowest BCUT2D eigenvalue weighted by Crippen LogP contribution is -2.16. The molecule has 0 aromatic rings. The average molecular weight is 514 g/mol. The minimum Gasteiger partial charge on any atom is -0.481 e. The zero-order valence-corrected chi connectivity index (χ0v) is 24.3. The van der Waals surface area contributed by atoms with Crippen molar-refractivity contribution in [2.45, 2.75) is 174 Å². The fourth-order valence-electron chi connectivity index (χ4n) is 4.44. The van der Waals surface area contributed by atoms with Gasteiger partial charge in [-0.2, -0.15) is 0 Å². The normalized spacial score (nSPS) is 10.7. The summed E-state index contributed by atoms with van der Waals surface area (Å²) in [6.45, 7) is 7.09. The van der Waals surface area contributed by atoms with Crippen molar-refractivity contribution < 1.29 is 19.8 Å². The maximum Gasteiger partial charge on any atom is 0.314 e. The molecular weight excluding hydrogens is 450 g/mol. The first-order valence-electron chi connectivity index (χ1n) is 15.7. The molecule has 0 aromatic carbocycles. The van der Waals surface area contributed by atoms with Crippen LogP contribution in [0.15, 0.2) is 0 Å². The molecule has 0 heterocycles. The van der Waals surface area contributed by atoms with E-state index in [1.54, 1.807) is 0 Å². The van der Waals surface area contributed by atoms with Crippen molar-refractivity contribution in [3.05, 3.63) is 0 Å². The molecule has 0 saturated carbocycles. The SMILES string of the molecule is CCCCCCCCCCCCCCNCCCCCCCCCCCCCC.O=C(O)CC(=O)O. The van der Waals surface area contributed by atoms with Crippen LogP contribution in [-0.4, -0.2) is 35.2 Å². The van der Waals surface area contributed by atoms with Gasteiger partial charge in [-0.15, -0.1) is 0 Å². The van der Waals surface area contributed by atoms with Crippen molar-refractivity contribution in [1.82, 2.24) is 5.32 Å². The van der Waals surface area contributed by atoms with Crippen molar-refractivity contribution in [3.8, 4) is 0 Å². The van der Waals surface area contributed by atoms with Crippen molar-refractivity contribution in [1.29, 1.82) is 0 Å². The zero-order valence-electron chi connectivity index (χ0n) is 24.3. The molecule has 5 heteroatoms. The molecule has 0 atom stereocenters. The lowest BCUT2D eigenvalue weighted by atomic mass is 10.1. The summed E-state index contributed by atoms with van der Waals surface area (Å²) in [4.78, 5) is 18.9. The molecule has 0 rings (SSSR count). The molecule has 0 aliphatic heterocycles. The van der Waals surface area contributed by atoms with E-state index in [1.165, 1.54) is 167 Å². The third-order valence-electron chi connectivity index (χ3n) is 6.72. The Morgan fingerprint density at radius 3 is 0.833 bits per heavy atom.